The van der Waals surface area contributed by atoms with E-state index in [9.17, 15) is 8.42 Å². The van der Waals surface area contributed by atoms with Crippen LogP contribution >= 0.6 is 0 Å². The van der Waals surface area contributed by atoms with Crippen LogP contribution in [0.1, 0.15) is 25.3 Å². The smallest absolute Gasteiger partial charge is 0.255 e. The van der Waals surface area contributed by atoms with Gasteiger partial charge in [-0.3, -0.25) is 0 Å². The summed E-state index contributed by atoms with van der Waals surface area (Å²) >= 11 is 0. The van der Waals surface area contributed by atoms with Crippen molar-refractivity contribution in [3.63, 3.8) is 0 Å². The molecule has 0 unspecified atom stereocenters. The van der Waals surface area contributed by atoms with Crippen LogP contribution in [0, 0.1) is 0 Å². The largest absolute Gasteiger partial charge is 0.489 e. The van der Waals surface area contributed by atoms with E-state index in [1.54, 1.807) is 6.07 Å². The topological polar surface area (TPSA) is 82.3 Å². The van der Waals surface area contributed by atoms with Gasteiger partial charge in [-0.25, -0.2) is 18.5 Å². The van der Waals surface area contributed by atoms with E-state index in [0.717, 1.165) is 12.8 Å². The first-order chi connectivity index (χ1) is 7.50. The molecule has 0 aliphatic heterocycles. The second-order valence-corrected chi connectivity index (χ2v) is 5.33. The lowest BCUT2D eigenvalue weighted by molar-refractivity contribution is 0.301. The zero-order valence-electron chi connectivity index (χ0n) is 9.01. The van der Waals surface area contributed by atoms with Crippen molar-refractivity contribution in [2.24, 2.45) is 5.14 Å². The van der Waals surface area contributed by atoms with E-state index in [2.05, 4.69) is 4.98 Å². The summed E-state index contributed by atoms with van der Waals surface area (Å²) in [4.78, 5) is 3.86. The van der Waals surface area contributed by atoms with Gasteiger partial charge in [0.1, 0.15) is 5.75 Å². The molecule has 1 aromatic rings. The minimum Gasteiger partial charge on any atom is -0.489 e. The number of nitrogens with two attached hydrogens (primary N) is 1. The van der Waals surface area contributed by atoms with Gasteiger partial charge in [0.25, 0.3) is 10.0 Å². The molecule has 1 heterocycles. The Bertz CT molecular complexity index is 495. The third-order valence-corrected chi connectivity index (χ3v) is 3.28. The third-order valence-electron chi connectivity index (χ3n) is 2.38. The Labute approximate surface area is 94.7 Å². The van der Waals surface area contributed by atoms with Crippen molar-refractivity contribution in [1.29, 1.82) is 0 Å². The molecule has 0 aromatic carbocycles. The first-order valence-corrected chi connectivity index (χ1v) is 6.73. The monoisotopic (exact) mass is 242 g/mol. The maximum Gasteiger partial charge on any atom is 0.255 e. The maximum atomic E-state index is 11.2. The summed E-state index contributed by atoms with van der Waals surface area (Å²) in [6, 6.07) is 1.70. The van der Waals surface area contributed by atoms with Gasteiger partial charge in [0.05, 0.1) is 12.3 Å². The number of pyridine rings is 1. The van der Waals surface area contributed by atoms with E-state index in [4.69, 9.17) is 9.88 Å². The molecular weight excluding hydrogens is 228 g/mol. The van der Waals surface area contributed by atoms with Crippen LogP contribution in [0.4, 0.5) is 0 Å². The molecule has 1 aromatic heterocycles. The Hall–Kier alpha value is -1.14. The Morgan fingerprint density at radius 3 is 2.75 bits per heavy atom. The third kappa shape index (κ3) is 2.51. The van der Waals surface area contributed by atoms with Gasteiger partial charge in [0, 0.05) is 0 Å². The van der Waals surface area contributed by atoms with Gasteiger partial charge >= 0.3 is 0 Å². The van der Waals surface area contributed by atoms with Gasteiger partial charge in [-0.05, 0) is 30.9 Å². The van der Waals surface area contributed by atoms with Crippen LogP contribution in [0.5, 0.6) is 5.75 Å². The lowest BCUT2D eigenvalue weighted by Crippen LogP contribution is -2.16. The average molecular weight is 242 g/mol. The van der Waals surface area contributed by atoms with Crippen molar-refractivity contribution in [2.45, 2.75) is 37.3 Å². The van der Waals surface area contributed by atoms with Crippen molar-refractivity contribution >= 4 is 10.0 Å². The Kier molecular flexibility index (Phi) is 2.86. The highest BCUT2D eigenvalue weighted by atomic mass is 32.2. The predicted octanol–water partition coefficient (Wildman–Crippen LogP) is 0.833. The second kappa shape index (κ2) is 4.03. The summed E-state index contributed by atoms with van der Waals surface area (Å²) in [5, 5.41) is 5.01. The zero-order valence-corrected chi connectivity index (χ0v) is 9.83. The van der Waals surface area contributed by atoms with Crippen molar-refractivity contribution in [2.75, 3.05) is 0 Å². The molecule has 0 atom stereocenters. The lowest BCUT2D eigenvalue weighted by Gasteiger charge is -2.08. The highest BCUT2D eigenvalue weighted by Gasteiger charge is 2.24. The number of hydrogen-bond acceptors (Lipinski definition) is 4. The minimum atomic E-state index is -3.74. The molecule has 0 bridgehead atoms. The van der Waals surface area contributed by atoms with Crippen molar-refractivity contribution in [1.82, 2.24) is 4.98 Å². The molecule has 5 nitrogen and oxygen atoms in total. The number of nitrogens with zero attached hydrogens (tertiary/aromatic N) is 1. The Balaban J connectivity index is 2.34. The fourth-order valence-corrected chi connectivity index (χ4v) is 2.20. The second-order valence-electron chi connectivity index (χ2n) is 3.85. The fraction of sp³-hybridized carbons (Fsp3) is 0.500. The van der Waals surface area contributed by atoms with E-state index in [-0.39, 0.29) is 11.1 Å². The maximum absolute atomic E-state index is 11.2. The number of aromatic nitrogens is 1. The first-order valence-electron chi connectivity index (χ1n) is 5.19. The fourth-order valence-electron chi connectivity index (χ4n) is 1.43. The molecule has 0 saturated heterocycles. The van der Waals surface area contributed by atoms with Gasteiger partial charge in [-0.2, -0.15) is 0 Å². The first kappa shape index (κ1) is 11.3. The van der Waals surface area contributed by atoms with Crippen LogP contribution in [0.25, 0.3) is 0 Å². The lowest BCUT2D eigenvalue weighted by atomic mass is 10.2. The number of aryl methyl sites for hydroxylation is 1. The normalized spacial score (nSPS) is 16.1. The summed E-state index contributed by atoms with van der Waals surface area (Å²) in [5.41, 5.74) is 0.598. The van der Waals surface area contributed by atoms with E-state index in [1.807, 2.05) is 6.92 Å². The molecule has 2 rings (SSSR count). The minimum absolute atomic E-state index is 0.0573. The highest BCUT2D eigenvalue weighted by molar-refractivity contribution is 7.89. The molecule has 1 saturated carbocycles. The average Bonchev–Trinajstić information content (AvgIpc) is 3.00. The molecule has 0 amide bonds. The van der Waals surface area contributed by atoms with Crippen LogP contribution in [0.15, 0.2) is 17.3 Å². The summed E-state index contributed by atoms with van der Waals surface area (Å²) < 4.78 is 28.0. The molecule has 1 fully saturated rings. The van der Waals surface area contributed by atoms with Gasteiger partial charge in [0.2, 0.25) is 0 Å². The molecular formula is C10H14N2O3S. The van der Waals surface area contributed by atoms with E-state index < -0.39 is 10.0 Å². The highest BCUT2D eigenvalue weighted by Crippen LogP contribution is 2.27. The molecule has 1 aliphatic rings. The van der Waals surface area contributed by atoms with Crippen molar-refractivity contribution in [3.05, 3.63) is 17.8 Å². The molecule has 1 aliphatic carbocycles. The van der Waals surface area contributed by atoms with Crippen LogP contribution in [0.2, 0.25) is 0 Å². The van der Waals surface area contributed by atoms with Crippen LogP contribution < -0.4 is 9.88 Å². The quantitative estimate of drug-likeness (QED) is 0.847. The van der Waals surface area contributed by atoms with Crippen LogP contribution in [0.3, 0.4) is 0 Å². The summed E-state index contributed by atoms with van der Waals surface area (Å²) in [6.45, 7) is 1.85. The summed E-state index contributed by atoms with van der Waals surface area (Å²) in [6.07, 6.45) is 4.35. The Morgan fingerprint density at radius 1 is 1.56 bits per heavy atom. The van der Waals surface area contributed by atoms with Gasteiger partial charge < -0.3 is 4.74 Å². The standard InChI is InChI=1S/C10H14N2O3S/c1-2-7-5-9(15-8-3-4-8)6-12-10(7)16(11,13)14/h5-6,8H,2-4H2,1H3,(H2,11,13,14). The summed E-state index contributed by atoms with van der Waals surface area (Å²) in [7, 11) is -3.74. The van der Waals surface area contributed by atoms with Gasteiger partial charge in [0.15, 0.2) is 5.03 Å². The Morgan fingerprint density at radius 2 is 2.25 bits per heavy atom. The molecule has 16 heavy (non-hydrogen) atoms. The SMILES string of the molecule is CCc1cc(OC2CC2)cnc1S(N)(=O)=O. The van der Waals surface area contributed by atoms with Crippen LogP contribution in [-0.4, -0.2) is 19.5 Å². The van der Waals surface area contributed by atoms with Crippen molar-refractivity contribution < 1.29 is 13.2 Å². The molecule has 0 radical (unpaired) electrons. The number of sulfonamides is 1. The van der Waals surface area contributed by atoms with Gasteiger partial charge in [-0.1, -0.05) is 6.92 Å². The summed E-state index contributed by atoms with van der Waals surface area (Å²) in [5.74, 6) is 0.617. The number of hydrogen-bond donors (Lipinski definition) is 1. The van der Waals surface area contributed by atoms with Crippen LogP contribution in [-0.2, 0) is 16.4 Å². The number of rotatable bonds is 4. The van der Waals surface area contributed by atoms with E-state index in [1.165, 1.54) is 6.20 Å². The molecule has 6 heteroatoms. The molecule has 0 spiro atoms. The zero-order chi connectivity index (χ0) is 11.8. The molecule has 2 N–H and O–H groups in total. The molecule has 88 valence electrons. The van der Waals surface area contributed by atoms with Gasteiger partial charge in [-0.15, -0.1) is 0 Å². The van der Waals surface area contributed by atoms with E-state index in [0.29, 0.717) is 17.7 Å². The van der Waals surface area contributed by atoms with Crippen molar-refractivity contribution in [3.8, 4) is 5.75 Å². The number of primary sulfonamides is 1. The van der Waals surface area contributed by atoms with E-state index >= 15 is 0 Å². The predicted molar refractivity (Wildman–Crippen MR) is 58.6 cm³/mol. The number of ether oxygens (including phenoxy) is 1.